The molecule has 0 saturated carbocycles. The van der Waals surface area contributed by atoms with E-state index in [-0.39, 0.29) is 6.03 Å². The van der Waals surface area contributed by atoms with E-state index in [0.717, 1.165) is 39.2 Å². The molecule has 4 aromatic rings. The number of carbonyl (C=O) groups is 1. The van der Waals surface area contributed by atoms with Gasteiger partial charge in [0.2, 0.25) is 0 Å². The molecule has 1 aliphatic heterocycles. The second-order valence-corrected chi connectivity index (χ2v) is 10.3. The quantitative estimate of drug-likeness (QED) is 0.283. The number of para-hydroxylation sites is 1. The molecule has 2 heterocycles. The molecule has 1 aliphatic rings. The van der Waals surface area contributed by atoms with Gasteiger partial charge < -0.3 is 15.1 Å². The lowest BCUT2D eigenvalue weighted by atomic mass is 10.0. The van der Waals surface area contributed by atoms with Gasteiger partial charge in [0, 0.05) is 58.9 Å². The lowest BCUT2D eigenvalue weighted by Crippen LogP contribution is -2.50. The normalized spacial score (nSPS) is 13.5. The molecule has 1 fully saturated rings. The molecule has 0 spiro atoms. The van der Waals surface area contributed by atoms with Gasteiger partial charge in [-0.2, -0.15) is 0 Å². The SMILES string of the molecule is Cc1nc(-c2ccc(Cl)cc2)nc(N2CCN(C(=O)Nc3ccccc3Br)CC2)c1Cc1ccccc1. The molecule has 0 unspecified atom stereocenters. The number of nitrogens with zero attached hydrogens (tertiary/aromatic N) is 4. The van der Waals surface area contributed by atoms with E-state index in [4.69, 9.17) is 21.6 Å². The van der Waals surface area contributed by atoms with Gasteiger partial charge in [0.1, 0.15) is 5.82 Å². The van der Waals surface area contributed by atoms with Gasteiger partial charge in [0.25, 0.3) is 0 Å². The third-order valence-electron chi connectivity index (χ3n) is 6.50. The van der Waals surface area contributed by atoms with Crippen molar-refractivity contribution in [2.75, 3.05) is 36.4 Å². The highest BCUT2D eigenvalue weighted by Crippen LogP contribution is 2.29. The van der Waals surface area contributed by atoms with Crippen LogP contribution in [0, 0.1) is 6.92 Å². The first-order valence-electron chi connectivity index (χ1n) is 12.2. The van der Waals surface area contributed by atoms with Gasteiger partial charge in [-0.25, -0.2) is 14.8 Å². The number of halogens is 2. The number of hydrogen-bond donors (Lipinski definition) is 1. The van der Waals surface area contributed by atoms with Crippen molar-refractivity contribution in [3.8, 4) is 11.4 Å². The lowest BCUT2D eigenvalue weighted by molar-refractivity contribution is 0.208. The lowest BCUT2D eigenvalue weighted by Gasteiger charge is -2.36. The maximum absolute atomic E-state index is 12.9. The van der Waals surface area contributed by atoms with Crippen molar-refractivity contribution >= 4 is 45.1 Å². The monoisotopic (exact) mass is 575 g/mol. The molecule has 1 saturated heterocycles. The summed E-state index contributed by atoms with van der Waals surface area (Å²) in [6, 6.07) is 25.5. The molecule has 2 amide bonds. The van der Waals surface area contributed by atoms with Crippen LogP contribution < -0.4 is 10.2 Å². The van der Waals surface area contributed by atoms with Crippen molar-refractivity contribution in [2.24, 2.45) is 0 Å². The Morgan fingerprint density at radius 1 is 0.919 bits per heavy atom. The smallest absolute Gasteiger partial charge is 0.321 e. The van der Waals surface area contributed by atoms with E-state index < -0.39 is 0 Å². The van der Waals surface area contributed by atoms with Gasteiger partial charge in [0.05, 0.1) is 5.69 Å². The fraction of sp³-hybridized carbons (Fsp3) is 0.207. The fourth-order valence-electron chi connectivity index (χ4n) is 4.46. The van der Waals surface area contributed by atoms with Crippen LogP contribution in [0.4, 0.5) is 16.3 Å². The number of piperazine rings is 1. The zero-order chi connectivity index (χ0) is 25.8. The number of rotatable bonds is 5. The van der Waals surface area contributed by atoms with Crippen LogP contribution in [-0.2, 0) is 6.42 Å². The van der Waals surface area contributed by atoms with Crippen molar-refractivity contribution in [2.45, 2.75) is 13.3 Å². The molecule has 1 aromatic heterocycles. The van der Waals surface area contributed by atoms with Crippen LogP contribution in [0.5, 0.6) is 0 Å². The molecule has 1 N–H and O–H groups in total. The van der Waals surface area contributed by atoms with Crippen molar-refractivity contribution in [1.82, 2.24) is 14.9 Å². The Bertz CT molecular complexity index is 1390. The molecule has 5 rings (SSSR count). The highest BCUT2D eigenvalue weighted by Gasteiger charge is 2.25. The molecule has 0 bridgehead atoms. The molecule has 3 aromatic carbocycles. The zero-order valence-corrected chi connectivity index (χ0v) is 22.8. The zero-order valence-electron chi connectivity index (χ0n) is 20.5. The largest absolute Gasteiger partial charge is 0.353 e. The van der Waals surface area contributed by atoms with E-state index in [1.165, 1.54) is 5.56 Å². The summed E-state index contributed by atoms with van der Waals surface area (Å²) in [6.07, 6.45) is 0.742. The summed E-state index contributed by atoms with van der Waals surface area (Å²) >= 11 is 9.61. The number of aromatic nitrogens is 2. The van der Waals surface area contributed by atoms with E-state index >= 15 is 0 Å². The van der Waals surface area contributed by atoms with Gasteiger partial charge in [-0.3, -0.25) is 0 Å². The summed E-state index contributed by atoms with van der Waals surface area (Å²) < 4.78 is 0.860. The predicted molar refractivity (Wildman–Crippen MR) is 153 cm³/mol. The van der Waals surface area contributed by atoms with Crippen molar-refractivity contribution in [1.29, 1.82) is 0 Å². The Morgan fingerprint density at radius 2 is 1.59 bits per heavy atom. The van der Waals surface area contributed by atoms with Crippen LogP contribution in [0.1, 0.15) is 16.8 Å². The Balaban J connectivity index is 1.40. The summed E-state index contributed by atoms with van der Waals surface area (Å²) in [5, 5.41) is 3.69. The van der Waals surface area contributed by atoms with Gasteiger partial charge in [-0.1, -0.05) is 54.1 Å². The Hall–Kier alpha value is -3.42. The Kier molecular flexibility index (Phi) is 7.72. The van der Waals surface area contributed by atoms with Gasteiger partial charge in [-0.05, 0) is 64.8 Å². The maximum atomic E-state index is 12.9. The van der Waals surface area contributed by atoms with Crippen LogP contribution in [0.2, 0.25) is 5.02 Å². The molecule has 0 radical (unpaired) electrons. The van der Waals surface area contributed by atoms with E-state index in [1.807, 2.05) is 66.4 Å². The third-order valence-corrected chi connectivity index (χ3v) is 7.44. The number of hydrogen-bond acceptors (Lipinski definition) is 4. The number of amides is 2. The van der Waals surface area contributed by atoms with E-state index in [9.17, 15) is 4.79 Å². The molecular weight excluding hydrogens is 550 g/mol. The molecule has 37 heavy (non-hydrogen) atoms. The van der Waals surface area contributed by atoms with Gasteiger partial charge in [0.15, 0.2) is 5.82 Å². The number of aryl methyl sites for hydroxylation is 1. The highest BCUT2D eigenvalue weighted by molar-refractivity contribution is 9.10. The van der Waals surface area contributed by atoms with Crippen LogP contribution in [0.3, 0.4) is 0 Å². The molecule has 0 aliphatic carbocycles. The molecule has 6 nitrogen and oxygen atoms in total. The predicted octanol–water partition coefficient (Wildman–Crippen LogP) is 6.81. The summed E-state index contributed by atoms with van der Waals surface area (Å²) in [4.78, 5) is 27.0. The number of carbonyl (C=O) groups excluding carboxylic acids is 1. The fourth-order valence-corrected chi connectivity index (χ4v) is 4.97. The van der Waals surface area contributed by atoms with Crippen LogP contribution in [-0.4, -0.2) is 47.1 Å². The minimum atomic E-state index is -0.100. The summed E-state index contributed by atoms with van der Waals surface area (Å²) in [5.74, 6) is 1.60. The minimum absolute atomic E-state index is 0.100. The van der Waals surface area contributed by atoms with Gasteiger partial charge in [-0.15, -0.1) is 0 Å². The number of benzene rings is 3. The number of nitrogens with one attached hydrogen (secondary N) is 1. The second-order valence-electron chi connectivity index (χ2n) is 8.99. The van der Waals surface area contributed by atoms with Crippen LogP contribution in [0.25, 0.3) is 11.4 Å². The van der Waals surface area contributed by atoms with Crippen LogP contribution >= 0.6 is 27.5 Å². The molecule has 8 heteroatoms. The summed E-state index contributed by atoms with van der Waals surface area (Å²) in [5.41, 5.74) is 4.95. The summed E-state index contributed by atoms with van der Waals surface area (Å²) in [6.45, 7) is 4.61. The summed E-state index contributed by atoms with van der Waals surface area (Å²) in [7, 11) is 0. The average molecular weight is 577 g/mol. The topological polar surface area (TPSA) is 61.4 Å². The first-order valence-corrected chi connectivity index (χ1v) is 13.4. The van der Waals surface area contributed by atoms with Crippen molar-refractivity contribution in [3.05, 3.63) is 105 Å². The Morgan fingerprint density at radius 3 is 2.30 bits per heavy atom. The first-order chi connectivity index (χ1) is 18.0. The third kappa shape index (κ3) is 5.95. The van der Waals surface area contributed by atoms with E-state index in [0.29, 0.717) is 37.0 Å². The first kappa shape index (κ1) is 25.2. The molecule has 0 atom stereocenters. The molecular formula is C29H27BrClN5O. The van der Waals surface area contributed by atoms with Crippen LogP contribution in [0.15, 0.2) is 83.3 Å². The minimum Gasteiger partial charge on any atom is -0.353 e. The maximum Gasteiger partial charge on any atom is 0.321 e. The number of anilines is 2. The van der Waals surface area contributed by atoms with E-state index in [1.54, 1.807) is 0 Å². The van der Waals surface area contributed by atoms with E-state index in [2.05, 4.69) is 50.4 Å². The van der Waals surface area contributed by atoms with Gasteiger partial charge >= 0.3 is 6.03 Å². The average Bonchev–Trinajstić information content (AvgIpc) is 2.92. The van der Waals surface area contributed by atoms with Crippen molar-refractivity contribution < 1.29 is 4.79 Å². The second kappa shape index (κ2) is 11.3. The Labute approximate surface area is 230 Å². The standard InChI is InChI=1S/C29H27BrClN5O/c1-20-24(19-21-7-3-2-4-8-21)28(34-27(32-20)22-11-13-23(31)14-12-22)35-15-17-36(18-16-35)29(37)33-26-10-6-5-9-25(26)30/h2-14H,15-19H2,1H3,(H,33,37). The van der Waals surface area contributed by atoms with Crippen molar-refractivity contribution in [3.63, 3.8) is 0 Å². The highest BCUT2D eigenvalue weighted by atomic mass is 79.9. The molecule has 188 valence electrons. The number of urea groups is 1.